The van der Waals surface area contributed by atoms with Crippen LogP contribution in [0, 0.1) is 6.92 Å². The maximum atomic E-state index is 12.7. The van der Waals surface area contributed by atoms with E-state index in [1.54, 1.807) is 48.0 Å². The lowest BCUT2D eigenvalue weighted by Crippen LogP contribution is -2.29. The van der Waals surface area contributed by atoms with Gasteiger partial charge in [-0.3, -0.25) is 9.59 Å². The van der Waals surface area contributed by atoms with Crippen LogP contribution in [0.25, 0.3) is 11.3 Å². The van der Waals surface area contributed by atoms with Crippen LogP contribution in [-0.2, 0) is 13.1 Å². The molecule has 0 fully saturated rings. The van der Waals surface area contributed by atoms with Crippen molar-refractivity contribution in [2.45, 2.75) is 26.9 Å². The Bertz CT molecular complexity index is 1010. The second-order valence-electron chi connectivity index (χ2n) is 5.75. The van der Waals surface area contributed by atoms with Gasteiger partial charge >= 0.3 is 0 Å². The van der Waals surface area contributed by atoms with E-state index in [0.29, 0.717) is 39.7 Å². The third kappa shape index (κ3) is 3.41. The van der Waals surface area contributed by atoms with Crippen LogP contribution in [0.15, 0.2) is 51.9 Å². The Balaban J connectivity index is 1.87. The van der Waals surface area contributed by atoms with Crippen molar-refractivity contribution in [3.63, 3.8) is 0 Å². The molecular formula is C19H18ClN3O3. The van der Waals surface area contributed by atoms with Crippen molar-refractivity contribution in [2.75, 3.05) is 0 Å². The van der Waals surface area contributed by atoms with Crippen LogP contribution >= 0.6 is 11.6 Å². The van der Waals surface area contributed by atoms with Gasteiger partial charge < -0.3 is 14.4 Å². The summed E-state index contributed by atoms with van der Waals surface area (Å²) in [6, 6.07) is 10.6. The van der Waals surface area contributed by atoms with E-state index < -0.39 is 0 Å². The molecule has 0 unspecified atom stereocenters. The molecule has 0 bridgehead atoms. The van der Waals surface area contributed by atoms with Gasteiger partial charge in [0.2, 0.25) is 0 Å². The topological polar surface area (TPSA) is 77.1 Å². The zero-order valence-electron chi connectivity index (χ0n) is 14.5. The summed E-state index contributed by atoms with van der Waals surface area (Å²) in [5.74, 6) is 0.0152. The molecule has 1 N–H and O–H groups in total. The Morgan fingerprint density at radius 1 is 1.27 bits per heavy atom. The van der Waals surface area contributed by atoms with Gasteiger partial charge in [0.1, 0.15) is 17.0 Å². The van der Waals surface area contributed by atoms with Gasteiger partial charge in [-0.1, -0.05) is 41.0 Å². The number of carbonyl (C=O) groups is 1. The minimum absolute atomic E-state index is 0.116. The standard InChI is InChI=1S/C19H18ClN3O3/c1-3-23-10-6-7-13(19(23)25)11-21-18(24)16-12(2)26-22-17(16)14-8-4-5-9-15(14)20/h4-10H,3,11H2,1-2H3,(H,21,24). The van der Waals surface area contributed by atoms with Crippen LogP contribution in [0.4, 0.5) is 0 Å². The van der Waals surface area contributed by atoms with Crippen molar-refractivity contribution < 1.29 is 9.32 Å². The molecule has 0 aliphatic rings. The molecule has 1 aromatic carbocycles. The average Bonchev–Trinajstić information content (AvgIpc) is 3.02. The first-order valence-corrected chi connectivity index (χ1v) is 8.58. The first-order chi connectivity index (χ1) is 12.5. The van der Waals surface area contributed by atoms with Gasteiger partial charge in [-0.25, -0.2) is 0 Å². The number of nitrogens with one attached hydrogen (secondary N) is 1. The first kappa shape index (κ1) is 17.9. The van der Waals surface area contributed by atoms with Crippen LogP contribution < -0.4 is 10.9 Å². The van der Waals surface area contributed by atoms with Crippen molar-refractivity contribution in [1.29, 1.82) is 0 Å². The number of carbonyl (C=O) groups excluding carboxylic acids is 1. The fraction of sp³-hybridized carbons (Fsp3) is 0.211. The SMILES string of the molecule is CCn1cccc(CNC(=O)c2c(-c3ccccc3Cl)noc2C)c1=O. The number of hydrogen-bond donors (Lipinski definition) is 1. The molecule has 0 saturated heterocycles. The summed E-state index contributed by atoms with van der Waals surface area (Å²) in [6.07, 6.45) is 1.72. The molecular weight excluding hydrogens is 354 g/mol. The van der Waals surface area contributed by atoms with E-state index in [0.717, 1.165) is 0 Å². The predicted octanol–water partition coefficient (Wildman–Crippen LogP) is 3.42. The molecule has 2 heterocycles. The number of amides is 1. The summed E-state index contributed by atoms with van der Waals surface area (Å²) in [6.45, 7) is 4.24. The summed E-state index contributed by atoms with van der Waals surface area (Å²) in [5, 5.41) is 7.23. The van der Waals surface area contributed by atoms with Crippen LogP contribution in [-0.4, -0.2) is 15.6 Å². The molecule has 26 heavy (non-hydrogen) atoms. The summed E-state index contributed by atoms with van der Waals surface area (Å²) in [7, 11) is 0. The number of pyridine rings is 1. The van der Waals surface area contributed by atoms with Crippen molar-refractivity contribution in [3.05, 3.63) is 74.9 Å². The lowest BCUT2D eigenvalue weighted by Gasteiger charge is -2.08. The number of aryl methyl sites for hydroxylation is 2. The Kier molecular flexibility index (Phi) is 5.23. The van der Waals surface area contributed by atoms with E-state index in [2.05, 4.69) is 10.5 Å². The van der Waals surface area contributed by atoms with Gasteiger partial charge in [0.15, 0.2) is 0 Å². The molecule has 3 rings (SSSR count). The normalized spacial score (nSPS) is 10.7. The zero-order valence-corrected chi connectivity index (χ0v) is 15.2. The molecule has 0 spiro atoms. The Morgan fingerprint density at radius 2 is 2.04 bits per heavy atom. The molecule has 0 saturated carbocycles. The van der Waals surface area contributed by atoms with E-state index in [1.165, 1.54) is 0 Å². The second-order valence-corrected chi connectivity index (χ2v) is 6.16. The third-order valence-corrected chi connectivity index (χ3v) is 4.43. The van der Waals surface area contributed by atoms with Gasteiger partial charge in [-0.05, 0) is 26.0 Å². The fourth-order valence-electron chi connectivity index (χ4n) is 2.71. The maximum Gasteiger partial charge on any atom is 0.257 e. The fourth-order valence-corrected chi connectivity index (χ4v) is 2.94. The monoisotopic (exact) mass is 371 g/mol. The molecule has 0 atom stereocenters. The number of aromatic nitrogens is 2. The van der Waals surface area contributed by atoms with E-state index in [-0.39, 0.29) is 18.0 Å². The van der Waals surface area contributed by atoms with E-state index in [4.69, 9.17) is 16.1 Å². The van der Waals surface area contributed by atoms with Crippen LogP contribution in [0.1, 0.15) is 28.6 Å². The highest BCUT2D eigenvalue weighted by Crippen LogP contribution is 2.30. The molecule has 0 radical (unpaired) electrons. The van der Waals surface area contributed by atoms with E-state index >= 15 is 0 Å². The maximum absolute atomic E-state index is 12.7. The van der Waals surface area contributed by atoms with Crippen LogP contribution in [0.3, 0.4) is 0 Å². The highest BCUT2D eigenvalue weighted by atomic mass is 35.5. The molecule has 0 aliphatic carbocycles. The van der Waals surface area contributed by atoms with Gasteiger partial charge in [0.25, 0.3) is 11.5 Å². The molecule has 7 heteroatoms. The quantitative estimate of drug-likeness (QED) is 0.745. The lowest BCUT2D eigenvalue weighted by atomic mass is 10.1. The molecule has 6 nitrogen and oxygen atoms in total. The summed E-state index contributed by atoms with van der Waals surface area (Å²) >= 11 is 6.21. The second kappa shape index (κ2) is 7.58. The van der Waals surface area contributed by atoms with E-state index in [9.17, 15) is 9.59 Å². The number of benzene rings is 1. The minimum atomic E-state index is -0.370. The summed E-state index contributed by atoms with van der Waals surface area (Å²) in [5.41, 5.74) is 1.69. The van der Waals surface area contributed by atoms with Gasteiger partial charge in [-0.15, -0.1) is 0 Å². The zero-order chi connectivity index (χ0) is 18.7. The van der Waals surface area contributed by atoms with Crippen molar-refractivity contribution >= 4 is 17.5 Å². The number of rotatable bonds is 5. The molecule has 2 aromatic heterocycles. The minimum Gasteiger partial charge on any atom is -0.360 e. The molecule has 3 aromatic rings. The number of halogens is 1. The average molecular weight is 372 g/mol. The number of nitrogens with zero attached hydrogens (tertiary/aromatic N) is 2. The van der Waals surface area contributed by atoms with Crippen molar-refractivity contribution in [1.82, 2.24) is 15.0 Å². The number of hydrogen-bond acceptors (Lipinski definition) is 4. The molecule has 1 amide bonds. The van der Waals surface area contributed by atoms with Gasteiger partial charge in [0.05, 0.1) is 5.02 Å². The highest BCUT2D eigenvalue weighted by Gasteiger charge is 2.23. The smallest absolute Gasteiger partial charge is 0.257 e. The lowest BCUT2D eigenvalue weighted by molar-refractivity contribution is 0.0949. The Labute approximate surface area is 155 Å². The summed E-state index contributed by atoms with van der Waals surface area (Å²) < 4.78 is 6.79. The van der Waals surface area contributed by atoms with Gasteiger partial charge in [0, 0.05) is 30.4 Å². The Morgan fingerprint density at radius 3 is 2.77 bits per heavy atom. The third-order valence-electron chi connectivity index (χ3n) is 4.10. The molecule has 134 valence electrons. The van der Waals surface area contributed by atoms with Crippen molar-refractivity contribution in [2.24, 2.45) is 0 Å². The predicted molar refractivity (Wildman–Crippen MR) is 99.2 cm³/mol. The molecule has 0 aliphatic heterocycles. The highest BCUT2D eigenvalue weighted by molar-refractivity contribution is 6.33. The summed E-state index contributed by atoms with van der Waals surface area (Å²) in [4.78, 5) is 25.0. The largest absolute Gasteiger partial charge is 0.360 e. The van der Waals surface area contributed by atoms with Gasteiger partial charge in [-0.2, -0.15) is 0 Å². The van der Waals surface area contributed by atoms with Crippen LogP contribution in [0.2, 0.25) is 5.02 Å². The van der Waals surface area contributed by atoms with Crippen LogP contribution in [0.5, 0.6) is 0 Å². The first-order valence-electron chi connectivity index (χ1n) is 8.20. The van der Waals surface area contributed by atoms with E-state index in [1.807, 2.05) is 13.0 Å². The Hall–Kier alpha value is -2.86. The van der Waals surface area contributed by atoms with Crippen molar-refractivity contribution in [3.8, 4) is 11.3 Å².